The van der Waals surface area contributed by atoms with E-state index in [2.05, 4.69) is 25.9 Å². The predicted molar refractivity (Wildman–Crippen MR) is 161 cm³/mol. The first-order valence-corrected chi connectivity index (χ1v) is 15.0. The highest BCUT2D eigenvalue weighted by Gasteiger charge is 2.45. The number of pyridine rings is 1. The number of likely N-dealkylation sites (tertiary alicyclic amines) is 1. The molecule has 0 unspecified atom stereocenters. The fraction of sp³-hybridized carbons (Fsp3) is 0.516. The second kappa shape index (κ2) is 12.5. The minimum absolute atomic E-state index is 0.0916. The highest BCUT2D eigenvalue weighted by Crippen LogP contribution is 2.35. The quantitative estimate of drug-likeness (QED) is 0.355. The van der Waals surface area contributed by atoms with Crippen molar-refractivity contribution in [1.82, 2.24) is 35.5 Å². The van der Waals surface area contributed by atoms with E-state index in [1.54, 1.807) is 10.9 Å². The summed E-state index contributed by atoms with van der Waals surface area (Å²) in [5.74, 6) is -0.237. The van der Waals surface area contributed by atoms with Gasteiger partial charge in [-0.25, -0.2) is 9.67 Å². The van der Waals surface area contributed by atoms with E-state index in [-0.39, 0.29) is 30.8 Å². The van der Waals surface area contributed by atoms with E-state index in [0.29, 0.717) is 11.1 Å². The monoisotopic (exact) mass is 593 g/mol. The number of halogens is 1. The molecule has 0 aliphatic carbocycles. The maximum atomic E-state index is 14.1. The molecule has 2 saturated heterocycles. The van der Waals surface area contributed by atoms with Crippen molar-refractivity contribution >= 4 is 23.4 Å². The Labute approximate surface area is 251 Å². The van der Waals surface area contributed by atoms with E-state index in [4.69, 9.17) is 11.6 Å². The van der Waals surface area contributed by atoms with Crippen LogP contribution in [0.25, 0.3) is 11.1 Å². The summed E-state index contributed by atoms with van der Waals surface area (Å²) in [6.07, 6.45) is 4.88. The van der Waals surface area contributed by atoms with Gasteiger partial charge in [0.15, 0.2) is 0 Å². The van der Waals surface area contributed by atoms with Crippen molar-refractivity contribution in [3.63, 3.8) is 0 Å². The van der Waals surface area contributed by atoms with E-state index in [9.17, 15) is 14.7 Å². The second-order valence-electron chi connectivity index (χ2n) is 12.5. The first-order valence-electron chi connectivity index (χ1n) is 14.6. The number of hydrogen-bond donors (Lipinski definition) is 3. The zero-order chi connectivity index (χ0) is 30.0. The molecule has 10 nitrogen and oxygen atoms in total. The Morgan fingerprint density at radius 1 is 1.14 bits per heavy atom. The van der Waals surface area contributed by atoms with Crippen LogP contribution >= 0.6 is 11.6 Å². The van der Waals surface area contributed by atoms with Crippen molar-refractivity contribution in [1.29, 1.82) is 0 Å². The minimum atomic E-state index is -0.791. The second-order valence-corrected chi connectivity index (χ2v) is 12.9. The van der Waals surface area contributed by atoms with Crippen LogP contribution in [0.1, 0.15) is 76.2 Å². The standard InChI is InChI=1S/C31H40ClN7O3/c1-19(20-7-9-21(10-8-20)24-6-5-13-34-28(24)32)35-29(41)26-16-23(40)17-38(26)30(42)27(31(2,3)4)39-18-25(36-37-39)22-11-14-33-15-12-22/h5-10,13,18-19,22-23,26-27,33,40H,11-12,14-17H2,1-4H3,(H,35,41)/t19-,23+,26-,27+/m0/s1. The van der Waals surface area contributed by atoms with Crippen LogP contribution in [0, 0.1) is 5.41 Å². The average Bonchev–Trinajstić information content (AvgIpc) is 3.60. The van der Waals surface area contributed by atoms with Gasteiger partial charge in [-0.05, 0) is 61.5 Å². The number of nitrogens with one attached hydrogen (secondary N) is 2. The number of aliphatic hydroxyl groups excluding tert-OH is 1. The number of β-amino-alcohol motifs (C(OH)–C–C–N with tert-alkyl or cyclic N) is 1. The summed E-state index contributed by atoms with van der Waals surface area (Å²) in [6.45, 7) is 9.80. The lowest BCUT2D eigenvalue weighted by Gasteiger charge is -2.35. The van der Waals surface area contributed by atoms with E-state index in [0.717, 1.165) is 48.3 Å². The molecule has 11 heteroatoms. The molecular formula is C31H40ClN7O3. The number of aliphatic hydroxyl groups is 1. The Bertz CT molecular complexity index is 1400. The summed E-state index contributed by atoms with van der Waals surface area (Å²) in [5, 5.41) is 26.2. The lowest BCUT2D eigenvalue weighted by Crippen LogP contribution is -2.50. The maximum absolute atomic E-state index is 14.1. The molecule has 3 N–H and O–H groups in total. The van der Waals surface area contributed by atoms with E-state index < -0.39 is 23.6 Å². The Kier molecular flexibility index (Phi) is 8.96. The predicted octanol–water partition coefficient (Wildman–Crippen LogP) is 3.89. The van der Waals surface area contributed by atoms with Crippen LogP contribution < -0.4 is 10.6 Å². The fourth-order valence-electron chi connectivity index (χ4n) is 6.01. The van der Waals surface area contributed by atoms with Crippen molar-refractivity contribution in [2.24, 2.45) is 5.41 Å². The van der Waals surface area contributed by atoms with E-state index in [1.807, 2.05) is 70.3 Å². The summed E-state index contributed by atoms with van der Waals surface area (Å²) < 4.78 is 1.65. The van der Waals surface area contributed by atoms with Gasteiger partial charge in [0.1, 0.15) is 17.2 Å². The summed E-state index contributed by atoms with van der Waals surface area (Å²) in [4.78, 5) is 33.3. The number of benzene rings is 1. The molecule has 0 saturated carbocycles. The van der Waals surface area contributed by atoms with Crippen molar-refractivity contribution in [3.05, 3.63) is 65.2 Å². The van der Waals surface area contributed by atoms with Crippen LogP contribution in [0.3, 0.4) is 0 Å². The fourth-order valence-corrected chi connectivity index (χ4v) is 6.24. The van der Waals surface area contributed by atoms with Crippen LogP contribution in [0.5, 0.6) is 0 Å². The Hall–Kier alpha value is -3.34. The number of rotatable bonds is 7. The summed E-state index contributed by atoms with van der Waals surface area (Å²) >= 11 is 6.25. The summed E-state index contributed by atoms with van der Waals surface area (Å²) in [5.41, 5.74) is 3.05. The maximum Gasteiger partial charge on any atom is 0.248 e. The van der Waals surface area contributed by atoms with Crippen LogP contribution in [-0.2, 0) is 9.59 Å². The highest BCUT2D eigenvalue weighted by atomic mass is 35.5. The van der Waals surface area contributed by atoms with E-state index >= 15 is 0 Å². The first kappa shape index (κ1) is 30.1. The van der Waals surface area contributed by atoms with Gasteiger partial charge in [-0.2, -0.15) is 0 Å². The molecule has 2 aliphatic rings. The third-order valence-electron chi connectivity index (χ3n) is 8.31. The molecular weight excluding hydrogens is 554 g/mol. The molecule has 2 fully saturated rings. The average molecular weight is 594 g/mol. The van der Waals surface area contributed by atoms with Gasteiger partial charge in [0.2, 0.25) is 11.8 Å². The normalized spacial score (nSPS) is 21.2. The van der Waals surface area contributed by atoms with Crippen molar-refractivity contribution in [2.75, 3.05) is 19.6 Å². The third kappa shape index (κ3) is 6.50. The number of aromatic nitrogens is 4. The number of piperidine rings is 1. The van der Waals surface area contributed by atoms with E-state index in [1.165, 1.54) is 4.90 Å². The van der Waals surface area contributed by atoms with Crippen LogP contribution in [0.4, 0.5) is 0 Å². The Morgan fingerprint density at radius 3 is 2.52 bits per heavy atom. The molecule has 0 spiro atoms. The molecule has 4 atom stereocenters. The van der Waals surface area contributed by atoms with Crippen LogP contribution in [0.2, 0.25) is 5.15 Å². The SMILES string of the molecule is C[C@H](NC(=O)[C@@H]1C[C@@H](O)CN1C(=O)[C@@H](n1cc(C2CCNCC2)nn1)C(C)(C)C)c1ccc(-c2cccnc2Cl)cc1. The van der Waals surface area contributed by atoms with Crippen molar-refractivity contribution in [2.45, 2.75) is 77.1 Å². The lowest BCUT2D eigenvalue weighted by molar-refractivity contribution is -0.144. The number of hydrogen-bond acceptors (Lipinski definition) is 7. The van der Waals surface area contributed by atoms with Gasteiger partial charge in [0, 0.05) is 36.8 Å². The molecule has 3 aromatic rings. The Balaban J connectivity index is 1.31. The third-order valence-corrected chi connectivity index (χ3v) is 8.61. The summed E-state index contributed by atoms with van der Waals surface area (Å²) in [7, 11) is 0. The molecule has 0 radical (unpaired) electrons. The summed E-state index contributed by atoms with van der Waals surface area (Å²) in [6, 6.07) is 9.73. The first-order chi connectivity index (χ1) is 20.0. The molecule has 1 aromatic carbocycles. The largest absolute Gasteiger partial charge is 0.391 e. The van der Waals surface area contributed by atoms with Crippen molar-refractivity contribution < 1.29 is 14.7 Å². The molecule has 2 aliphatic heterocycles. The molecule has 42 heavy (non-hydrogen) atoms. The van der Waals surface area contributed by atoms with Gasteiger partial charge in [0.25, 0.3) is 0 Å². The van der Waals surface area contributed by atoms with Gasteiger partial charge >= 0.3 is 0 Å². The topological polar surface area (TPSA) is 125 Å². The highest BCUT2D eigenvalue weighted by molar-refractivity contribution is 6.32. The van der Waals surface area contributed by atoms with Crippen LogP contribution in [-0.4, -0.2) is 73.6 Å². The van der Waals surface area contributed by atoms with Crippen molar-refractivity contribution in [3.8, 4) is 11.1 Å². The molecule has 4 heterocycles. The molecule has 0 bridgehead atoms. The van der Waals surface area contributed by atoms with Gasteiger partial charge in [0.05, 0.1) is 17.8 Å². The zero-order valence-corrected chi connectivity index (χ0v) is 25.4. The number of amides is 2. The molecule has 224 valence electrons. The molecule has 2 aromatic heterocycles. The van der Waals surface area contributed by atoms with Gasteiger partial charge in [-0.15, -0.1) is 5.10 Å². The molecule has 2 amide bonds. The van der Waals surface area contributed by atoms with Gasteiger partial charge in [-0.3, -0.25) is 9.59 Å². The zero-order valence-electron chi connectivity index (χ0n) is 24.6. The minimum Gasteiger partial charge on any atom is -0.391 e. The van der Waals surface area contributed by atoms with Crippen LogP contribution in [0.15, 0.2) is 48.8 Å². The molecule has 5 rings (SSSR count). The Morgan fingerprint density at radius 2 is 1.86 bits per heavy atom. The van der Waals surface area contributed by atoms with Gasteiger partial charge in [-0.1, -0.05) is 61.9 Å². The smallest absolute Gasteiger partial charge is 0.248 e. The number of carbonyl (C=O) groups excluding carboxylic acids is 2. The number of carbonyl (C=O) groups is 2. The lowest BCUT2D eigenvalue weighted by atomic mass is 9.85. The van der Waals surface area contributed by atoms with Gasteiger partial charge < -0.3 is 20.6 Å². The number of nitrogens with zero attached hydrogens (tertiary/aromatic N) is 5.